The summed E-state index contributed by atoms with van der Waals surface area (Å²) < 4.78 is 1.54. The van der Waals surface area contributed by atoms with Gasteiger partial charge in [0.2, 0.25) is 5.91 Å². The molecule has 3 heterocycles. The Morgan fingerprint density at radius 3 is 3.00 bits per heavy atom. The predicted octanol–water partition coefficient (Wildman–Crippen LogP) is 1.83. The zero-order valence-corrected chi connectivity index (χ0v) is 14.1. The molecule has 3 rings (SSSR count). The fourth-order valence-corrected chi connectivity index (χ4v) is 2.50. The van der Waals surface area contributed by atoms with E-state index in [1.165, 1.54) is 11.0 Å². The molecule has 1 unspecified atom stereocenters. The maximum absolute atomic E-state index is 12.1. The third kappa shape index (κ3) is 5.16. The number of hydrogen-bond donors (Lipinski definition) is 2. The van der Waals surface area contributed by atoms with Gasteiger partial charge in [0, 0.05) is 12.6 Å². The van der Waals surface area contributed by atoms with Crippen molar-refractivity contribution in [1.82, 2.24) is 25.1 Å². The lowest BCUT2D eigenvalue weighted by Crippen LogP contribution is -2.16. The fraction of sp³-hybridized carbons (Fsp3) is 0.429. The molecule has 2 aromatic heterocycles. The lowest BCUT2D eigenvalue weighted by Gasteiger charge is -2.11. The van der Waals surface area contributed by atoms with E-state index in [0.29, 0.717) is 23.8 Å². The van der Waals surface area contributed by atoms with E-state index < -0.39 is 0 Å². The van der Waals surface area contributed by atoms with Gasteiger partial charge in [0.25, 0.3) is 0 Å². The molecule has 0 aliphatic carbocycles. The smallest absolute Gasteiger partial charge is 0.224 e. The highest BCUT2D eigenvalue weighted by molar-refractivity contribution is 5.92. The number of carbonyl (C=O) groups excluding carboxylic acids is 1. The van der Waals surface area contributed by atoms with Crippen molar-refractivity contribution < 1.29 is 4.79 Å². The number of amides is 1. The van der Waals surface area contributed by atoms with Gasteiger partial charge < -0.3 is 10.6 Å². The first kappa shape index (κ1) is 19.3. The molecule has 2 aromatic rings. The molecule has 1 aliphatic rings. The van der Waals surface area contributed by atoms with Crippen LogP contribution < -0.4 is 10.6 Å². The Morgan fingerprint density at radius 1 is 1.43 bits per heavy atom. The molecule has 126 valence electrons. The minimum absolute atomic E-state index is 0. The van der Waals surface area contributed by atoms with Crippen molar-refractivity contribution in [3.63, 3.8) is 0 Å². The molecule has 1 saturated heterocycles. The van der Waals surface area contributed by atoms with Crippen LogP contribution in [0.3, 0.4) is 0 Å². The van der Waals surface area contributed by atoms with Crippen LogP contribution in [-0.2, 0) is 4.79 Å². The maximum Gasteiger partial charge on any atom is 0.224 e. The van der Waals surface area contributed by atoms with Gasteiger partial charge in [0.05, 0.1) is 5.69 Å². The second-order valence-corrected chi connectivity index (χ2v) is 5.16. The zero-order chi connectivity index (χ0) is 14.5. The monoisotopic (exact) mass is 358 g/mol. The van der Waals surface area contributed by atoms with E-state index in [2.05, 4.69) is 25.7 Å². The van der Waals surface area contributed by atoms with Crippen molar-refractivity contribution in [2.24, 2.45) is 5.92 Å². The standard InChI is InChI=1S/C14H18N6O.2ClH/c21-13(4-3-11-5-7-15-8-11)19-12-2-1-6-17-14(12)20-10-16-9-18-20;;/h1-2,6,9-11,15H,3-5,7-8H2,(H,19,21);2*1H. The van der Waals surface area contributed by atoms with Crippen molar-refractivity contribution in [2.45, 2.75) is 19.3 Å². The van der Waals surface area contributed by atoms with E-state index in [1.54, 1.807) is 18.6 Å². The first-order valence-electron chi connectivity index (χ1n) is 7.13. The molecule has 2 N–H and O–H groups in total. The van der Waals surface area contributed by atoms with Gasteiger partial charge in [-0.1, -0.05) is 0 Å². The third-order valence-electron chi connectivity index (χ3n) is 3.64. The number of nitrogens with zero attached hydrogens (tertiary/aromatic N) is 4. The molecular formula is C14H20Cl2N6O. The molecule has 1 fully saturated rings. The number of halogens is 2. The van der Waals surface area contributed by atoms with E-state index in [0.717, 1.165) is 25.9 Å². The molecule has 0 aromatic carbocycles. The van der Waals surface area contributed by atoms with Crippen molar-refractivity contribution >= 4 is 36.4 Å². The molecule has 0 saturated carbocycles. The van der Waals surface area contributed by atoms with Gasteiger partial charge in [0.1, 0.15) is 12.7 Å². The first-order chi connectivity index (χ1) is 10.3. The lowest BCUT2D eigenvalue weighted by atomic mass is 10.0. The summed E-state index contributed by atoms with van der Waals surface area (Å²) in [5.74, 6) is 1.20. The summed E-state index contributed by atoms with van der Waals surface area (Å²) in [5.41, 5.74) is 0.651. The number of rotatable bonds is 5. The molecule has 7 nitrogen and oxygen atoms in total. The maximum atomic E-state index is 12.1. The van der Waals surface area contributed by atoms with E-state index in [9.17, 15) is 4.79 Å². The summed E-state index contributed by atoms with van der Waals surface area (Å²) in [4.78, 5) is 20.2. The highest BCUT2D eigenvalue weighted by Crippen LogP contribution is 2.18. The van der Waals surface area contributed by atoms with Crippen LogP contribution in [0.2, 0.25) is 0 Å². The van der Waals surface area contributed by atoms with E-state index in [1.807, 2.05) is 6.07 Å². The SMILES string of the molecule is Cl.Cl.O=C(CCC1CCNC1)Nc1cccnc1-n1cncn1. The Balaban J connectivity index is 0.00000132. The summed E-state index contributed by atoms with van der Waals surface area (Å²) in [6.07, 6.45) is 7.26. The lowest BCUT2D eigenvalue weighted by molar-refractivity contribution is -0.116. The van der Waals surface area contributed by atoms with Crippen molar-refractivity contribution in [1.29, 1.82) is 0 Å². The van der Waals surface area contributed by atoms with Crippen molar-refractivity contribution in [3.05, 3.63) is 31.0 Å². The van der Waals surface area contributed by atoms with Crippen LogP contribution >= 0.6 is 24.8 Å². The third-order valence-corrected chi connectivity index (χ3v) is 3.64. The topological polar surface area (TPSA) is 84.7 Å². The number of carbonyl (C=O) groups is 1. The van der Waals surface area contributed by atoms with Gasteiger partial charge in [-0.05, 0) is 44.0 Å². The Hall–Kier alpha value is -1.70. The quantitative estimate of drug-likeness (QED) is 0.851. The molecule has 1 aliphatic heterocycles. The minimum atomic E-state index is 0. The van der Waals surface area contributed by atoms with Crippen molar-refractivity contribution in [3.8, 4) is 5.82 Å². The Labute approximate surface area is 147 Å². The molecule has 23 heavy (non-hydrogen) atoms. The van der Waals surface area contributed by atoms with E-state index in [-0.39, 0.29) is 30.7 Å². The van der Waals surface area contributed by atoms with Gasteiger partial charge in [-0.3, -0.25) is 4.79 Å². The summed E-state index contributed by atoms with van der Waals surface area (Å²) in [6.45, 7) is 2.08. The molecule has 0 bridgehead atoms. The van der Waals surface area contributed by atoms with Gasteiger partial charge in [0.15, 0.2) is 5.82 Å². The number of pyridine rings is 1. The second kappa shape index (κ2) is 9.44. The number of hydrogen-bond acceptors (Lipinski definition) is 5. The molecule has 9 heteroatoms. The Morgan fingerprint density at radius 2 is 2.30 bits per heavy atom. The largest absolute Gasteiger partial charge is 0.323 e. The van der Waals surface area contributed by atoms with Crippen LogP contribution in [0.15, 0.2) is 31.0 Å². The van der Waals surface area contributed by atoms with Gasteiger partial charge in [-0.25, -0.2) is 14.6 Å². The van der Waals surface area contributed by atoms with Crippen LogP contribution in [0, 0.1) is 5.92 Å². The Kier molecular flexibility index (Phi) is 7.94. The van der Waals surface area contributed by atoms with Crippen LogP contribution in [0.4, 0.5) is 5.69 Å². The summed E-state index contributed by atoms with van der Waals surface area (Å²) in [5, 5.41) is 10.3. The van der Waals surface area contributed by atoms with Crippen LogP contribution in [0.5, 0.6) is 0 Å². The molecule has 0 spiro atoms. The Bertz CT molecular complexity index is 601. The van der Waals surface area contributed by atoms with Gasteiger partial charge in [-0.2, -0.15) is 5.10 Å². The highest BCUT2D eigenvalue weighted by Gasteiger charge is 2.16. The zero-order valence-electron chi connectivity index (χ0n) is 12.5. The molecule has 1 amide bonds. The molecule has 1 atom stereocenters. The number of nitrogens with one attached hydrogen (secondary N) is 2. The molecule has 0 radical (unpaired) electrons. The van der Waals surface area contributed by atoms with E-state index >= 15 is 0 Å². The second-order valence-electron chi connectivity index (χ2n) is 5.16. The predicted molar refractivity (Wildman–Crippen MR) is 92.5 cm³/mol. The minimum Gasteiger partial charge on any atom is -0.323 e. The average Bonchev–Trinajstić information content (AvgIpc) is 3.19. The van der Waals surface area contributed by atoms with Crippen LogP contribution in [0.1, 0.15) is 19.3 Å². The summed E-state index contributed by atoms with van der Waals surface area (Å²) in [6, 6.07) is 3.61. The van der Waals surface area contributed by atoms with E-state index in [4.69, 9.17) is 0 Å². The fourth-order valence-electron chi connectivity index (χ4n) is 2.50. The first-order valence-corrected chi connectivity index (χ1v) is 7.13. The van der Waals surface area contributed by atoms with Gasteiger partial charge in [-0.15, -0.1) is 24.8 Å². The average molecular weight is 359 g/mol. The van der Waals surface area contributed by atoms with Gasteiger partial charge >= 0.3 is 0 Å². The normalized spacial score (nSPS) is 16.3. The highest BCUT2D eigenvalue weighted by atomic mass is 35.5. The number of aromatic nitrogens is 4. The summed E-state index contributed by atoms with van der Waals surface area (Å²) in [7, 11) is 0. The number of anilines is 1. The van der Waals surface area contributed by atoms with Crippen LogP contribution in [0.25, 0.3) is 5.82 Å². The van der Waals surface area contributed by atoms with Crippen LogP contribution in [-0.4, -0.2) is 38.7 Å². The molecular weight excluding hydrogens is 339 g/mol. The summed E-state index contributed by atoms with van der Waals surface area (Å²) >= 11 is 0. The van der Waals surface area contributed by atoms with Crippen molar-refractivity contribution in [2.75, 3.05) is 18.4 Å².